The monoisotopic (exact) mass is 902 g/mol. The second kappa shape index (κ2) is 19.2. The van der Waals surface area contributed by atoms with Gasteiger partial charge in [-0.2, -0.15) is 4.98 Å². The van der Waals surface area contributed by atoms with Gasteiger partial charge >= 0.3 is 12.0 Å². The van der Waals surface area contributed by atoms with Gasteiger partial charge in [0.05, 0.1) is 23.2 Å². The smallest absolute Gasteiger partial charge is 0.322 e. The molecular weight excluding hydrogens is 870 g/mol. The number of halogens is 3. The van der Waals surface area contributed by atoms with E-state index in [0.29, 0.717) is 50.7 Å². The topological polar surface area (TPSA) is 218 Å². The number of hydrogen-bond acceptors (Lipinski definition) is 14. The Morgan fingerprint density at radius 2 is 1.17 bits per heavy atom. The second-order valence-electron chi connectivity index (χ2n) is 14.1. The molecule has 66 heavy (non-hydrogen) atoms. The van der Waals surface area contributed by atoms with Crippen molar-refractivity contribution >= 4 is 52.8 Å². The molecule has 0 unspecified atom stereocenters. The largest absolute Gasteiger partial charge is 0.421 e. The number of rotatable bonds is 13. The molecular formula is C47H33ClF2N12O4. The average molecular weight is 903 g/mol. The summed E-state index contributed by atoms with van der Waals surface area (Å²) in [6, 6.07) is 25.0. The Morgan fingerprint density at radius 1 is 0.652 bits per heavy atom. The van der Waals surface area contributed by atoms with Crippen LogP contribution in [0.3, 0.4) is 0 Å². The van der Waals surface area contributed by atoms with Crippen LogP contribution in [0.5, 0.6) is 23.5 Å². The highest BCUT2D eigenvalue weighted by molar-refractivity contribution is 6.33. The number of anilines is 3. The highest BCUT2D eigenvalue weighted by atomic mass is 35.5. The molecule has 0 aliphatic rings. The van der Waals surface area contributed by atoms with E-state index in [2.05, 4.69) is 62.1 Å². The summed E-state index contributed by atoms with van der Waals surface area (Å²) < 4.78 is 42.3. The summed E-state index contributed by atoms with van der Waals surface area (Å²) in [5.41, 5.74) is 11.3. The third-order valence-corrected chi connectivity index (χ3v) is 9.73. The minimum absolute atomic E-state index is 0.00428. The minimum Gasteiger partial charge on any atom is -0.421 e. The number of nitrogen functional groups attached to an aromatic ring is 1. The standard InChI is InChI=1S/C47H33ClF2N12O4/c1-4-37(63)59-31-13-7-28(8-14-31)42-40(30-10-16-36(34(50)22-30)66-47-53-20-18-26(3)58-47)44(62-45(51)61-42)54-23-38(64)60-32-11-5-27(6-12-32)41-39(43(48)56-24-55-41)29-9-15-35(33(49)21-29)65-46-52-19-17-25(2)57-46/h4-24H,1H2,2-3H3,(H,59,63)(H,60,64)(H2,51,61,62). The van der Waals surface area contributed by atoms with Crippen LogP contribution >= 0.6 is 11.6 Å². The molecule has 0 saturated heterocycles. The molecule has 19 heteroatoms. The lowest BCUT2D eigenvalue weighted by atomic mass is 9.99. The van der Waals surface area contributed by atoms with E-state index in [1.165, 1.54) is 43.0 Å². The molecule has 326 valence electrons. The average Bonchev–Trinajstić information content (AvgIpc) is 3.30. The van der Waals surface area contributed by atoms with Crippen molar-refractivity contribution in [2.45, 2.75) is 13.8 Å². The van der Waals surface area contributed by atoms with Crippen LogP contribution in [-0.4, -0.2) is 57.9 Å². The molecule has 0 fully saturated rings. The van der Waals surface area contributed by atoms with Gasteiger partial charge in [-0.1, -0.05) is 54.6 Å². The molecule has 0 aliphatic heterocycles. The normalized spacial score (nSPS) is 11.0. The Labute approximate surface area is 379 Å². The lowest BCUT2D eigenvalue weighted by Crippen LogP contribution is -2.12. The third kappa shape index (κ3) is 10.1. The van der Waals surface area contributed by atoms with Gasteiger partial charge in [0, 0.05) is 51.8 Å². The molecule has 0 saturated carbocycles. The maximum atomic E-state index is 15.8. The summed E-state index contributed by atoms with van der Waals surface area (Å²) in [6.07, 6.45) is 6.41. The van der Waals surface area contributed by atoms with E-state index in [1.54, 1.807) is 86.6 Å². The fourth-order valence-corrected chi connectivity index (χ4v) is 6.65. The van der Waals surface area contributed by atoms with Gasteiger partial charge in [0.25, 0.3) is 5.91 Å². The number of aliphatic imine (C=N–C) groups is 1. The zero-order valence-corrected chi connectivity index (χ0v) is 35.5. The van der Waals surface area contributed by atoms with Crippen molar-refractivity contribution in [1.82, 2.24) is 39.9 Å². The number of carbonyl (C=O) groups excluding carboxylic acids is 2. The minimum atomic E-state index is -0.764. The van der Waals surface area contributed by atoms with Crippen molar-refractivity contribution in [3.05, 3.63) is 157 Å². The molecule has 0 bridgehead atoms. The number of ether oxygens (including phenoxy) is 2. The Kier molecular flexibility index (Phi) is 12.7. The molecule has 4 aromatic carbocycles. The molecule has 0 aliphatic carbocycles. The number of benzene rings is 4. The summed E-state index contributed by atoms with van der Waals surface area (Å²) in [5, 5.41) is 5.50. The lowest BCUT2D eigenvalue weighted by Gasteiger charge is -2.14. The highest BCUT2D eigenvalue weighted by Crippen LogP contribution is 2.40. The Hall–Kier alpha value is -8.90. The highest BCUT2D eigenvalue weighted by Gasteiger charge is 2.21. The molecule has 0 spiro atoms. The lowest BCUT2D eigenvalue weighted by molar-refractivity contribution is -0.112. The molecule has 0 radical (unpaired) electrons. The first-order chi connectivity index (χ1) is 31.9. The van der Waals surface area contributed by atoms with E-state index < -0.39 is 23.4 Å². The Bertz CT molecular complexity index is 3190. The van der Waals surface area contributed by atoms with Crippen LogP contribution in [0.4, 0.5) is 31.9 Å². The molecule has 4 N–H and O–H groups in total. The first kappa shape index (κ1) is 43.7. The van der Waals surface area contributed by atoms with Crippen LogP contribution in [-0.2, 0) is 9.59 Å². The van der Waals surface area contributed by atoms with E-state index in [9.17, 15) is 9.59 Å². The molecule has 2 amide bonds. The molecule has 4 aromatic heterocycles. The fraction of sp³-hybridized carbons (Fsp3) is 0.0426. The van der Waals surface area contributed by atoms with Crippen LogP contribution in [0, 0.1) is 25.5 Å². The van der Waals surface area contributed by atoms with Crippen molar-refractivity contribution in [3.63, 3.8) is 0 Å². The number of aryl methyl sites for hydroxylation is 2. The Morgan fingerprint density at radius 3 is 1.70 bits per heavy atom. The van der Waals surface area contributed by atoms with Crippen LogP contribution in [0.1, 0.15) is 11.4 Å². The van der Waals surface area contributed by atoms with Gasteiger partial charge in [0.15, 0.2) is 29.0 Å². The predicted octanol–water partition coefficient (Wildman–Crippen LogP) is 9.70. The van der Waals surface area contributed by atoms with Crippen LogP contribution in [0.15, 0.2) is 133 Å². The Balaban J connectivity index is 1.06. The zero-order chi connectivity index (χ0) is 46.3. The molecule has 4 heterocycles. The number of amides is 2. The van der Waals surface area contributed by atoms with Gasteiger partial charge < -0.3 is 25.8 Å². The number of nitrogens with two attached hydrogens (primary N) is 1. The van der Waals surface area contributed by atoms with E-state index in [-0.39, 0.29) is 57.3 Å². The SMILES string of the molecule is C=CC(=O)Nc1ccc(-c2nc(N)nc(N=CC(=O)Nc3ccc(-c4ncnc(Cl)c4-c4ccc(Oc5nccc(C)n5)c(F)c4)cc3)c2-c2ccc(Oc3nccc(C)n3)c(F)c2)cc1. The molecule has 8 aromatic rings. The van der Waals surface area contributed by atoms with Crippen molar-refractivity contribution < 1.29 is 27.8 Å². The number of nitrogens with one attached hydrogen (secondary N) is 2. The van der Waals surface area contributed by atoms with E-state index in [0.717, 1.165) is 12.3 Å². The molecule has 16 nitrogen and oxygen atoms in total. The van der Waals surface area contributed by atoms with Gasteiger partial charge in [0.2, 0.25) is 11.9 Å². The predicted molar refractivity (Wildman–Crippen MR) is 244 cm³/mol. The number of carbonyl (C=O) groups is 2. The zero-order valence-electron chi connectivity index (χ0n) is 34.7. The van der Waals surface area contributed by atoms with Crippen molar-refractivity contribution in [1.29, 1.82) is 0 Å². The van der Waals surface area contributed by atoms with Gasteiger partial charge in [0.1, 0.15) is 11.5 Å². The van der Waals surface area contributed by atoms with E-state index >= 15 is 8.78 Å². The quantitative estimate of drug-likeness (QED) is 0.0558. The number of nitrogens with zero attached hydrogens (tertiary/aromatic N) is 9. The second-order valence-corrected chi connectivity index (χ2v) is 14.4. The summed E-state index contributed by atoms with van der Waals surface area (Å²) in [6.45, 7) is 6.98. The first-order valence-corrected chi connectivity index (χ1v) is 20.0. The van der Waals surface area contributed by atoms with Gasteiger partial charge in [-0.05, 0) is 91.7 Å². The van der Waals surface area contributed by atoms with Gasteiger partial charge in [-0.15, -0.1) is 0 Å². The van der Waals surface area contributed by atoms with Crippen molar-refractivity contribution in [3.8, 4) is 68.3 Å². The van der Waals surface area contributed by atoms with Crippen molar-refractivity contribution in [2.24, 2.45) is 4.99 Å². The number of aromatic nitrogens is 8. The van der Waals surface area contributed by atoms with E-state index in [4.69, 9.17) is 26.8 Å². The summed E-state index contributed by atoms with van der Waals surface area (Å²) >= 11 is 6.56. The number of hydrogen-bond donors (Lipinski definition) is 3. The summed E-state index contributed by atoms with van der Waals surface area (Å²) in [4.78, 5) is 63.4. The van der Waals surface area contributed by atoms with Crippen LogP contribution in [0.25, 0.3) is 44.8 Å². The van der Waals surface area contributed by atoms with Gasteiger partial charge in [-0.25, -0.2) is 48.7 Å². The van der Waals surface area contributed by atoms with E-state index in [1.807, 2.05) is 0 Å². The summed E-state index contributed by atoms with van der Waals surface area (Å²) in [7, 11) is 0. The van der Waals surface area contributed by atoms with Crippen molar-refractivity contribution in [2.75, 3.05) is 16.4 Å². The maximum Gasteiger partial charge on any atom is 0.322 e. The fourth-order valence-electron chi connectivity index (χ4n) is 6.41. The summed E-state index contributed by atoms with van der Waals surface area (Å²) in [5.74, 6) is -3.00. The third-order valence-electron chi connectivity index (χ3n) is 9.44. The molecule has 8 rings (SSSR count). The van der Waals surface area contributed by atoms with Crippen LogP contribution in [0.2, 0.25) is 5.15 Å². The van der Waals surface area contributed by atoms with Gasteiger partial charge in [-0.3, -0.25) is 9.59 Å². The first-order valence-electron chi connectivity index (χ1n) is 19.6. The molecule has 0 atom stereocenters. The van der Waals surface area contributed by atoms with Crippen LogP contribution < -0.4 is 25.8 Å². The maximum absolute atomic E-state index is 15.8.